The molecule has 0 radical (unpaired) electrons. The maximum absolute atomic E-state index is 5.24. The fourth-order valence-electron chi connectivity index (χ4n) is 2.43. The lowest BCUT2D eigenvalue weighted by atomic mass is 10.1. The number of benzene rings is 1. The summed E-state index contributed by atoms with van der Waals surface area (Å²) in [5, 5.41) is 2.51. The van der Waals surface area contributed by atoms with Crippen LogP contribution in [-0.2, 0) is 18.4 Å². The molecule has 0 saturated carbocycles. The zero-order valence-electron chi connectivity index (χ0n) is 9.97. The average Bonchev–Trinajstić information content (AvgIpc) is 2.66. The zero-order valence-corrected chi connectivity index (χ0v) is 9.97. The summed E-state index contributed by atoms with van der Waals surface area (Å²) < 4.78 is 7.42. The van der Waals surface area contributed by atoms with Crippen molar-refractivity contribution < 1.29 is 4.74 Å². The minimum Gasteiger partial charge on any atom is -0.380 e. The molecule has 2 heterocycles. The minimum absolute atomic E-state index is 0.596. The number of methoxy groups -OCH3 is 1. The lowest BCUT2D eigenvalue weighted by Gasteiger charge is -2.02. The molecule has 0 fully saturated rings. The van der Waals surface area contributed by atoms with E-state index in [1.54, 1.807) is 7.11 Å². The van der Waals surface area contributed by atoms with Crippen LogP contribution in [0.1, 0.15) is 5.56 Å². The summed E-state index contributed by atoms with van der Waals surface area (Å²) in [6.45, 7) is 0.596. The van der Waals surface area contributed by atoms with E-state index in [4.69, 9.17) is 4.74 Å². The molecule has 3 rings (SSSR count). The predicted octanol–water partition coefficient (Wildman–Crippen LogP) is 2.87. The Balaban J connectivity index is 2.49. The van der Waals surface area contributed by atoms with Crippen molar-refractivity contribution in [1.29, 1.82) is 0 Å². The van der Waals surface area contributed by atoms with Crippen molar-refractivity contribution in [3.63, 3.8) is 0 Å². The molecule has 1 aromatic carbocycles. The van der Waals surface area contributed by atoms with Gasteiger partial charge in [-0.3, -0.25) is 4.98 Å². The summed E-state index contributed by atoms with van der Waals surface area (Å²) in [5.41, 5.74) is 3.52. The molecule has 0 bridgehead atoms. The van der Waals surface area contributed by atoms with E-state index < -0.39 is 0 Å². The van der Waals surface area contributed by atoms with Crippen molar-refractivity contribution >= 4 is 21.8 Å². The maximum Gasteiger partial charge on any atom is 0.0734 e. The first-order valence-corrected chi connectivity index (χ1v) is 5.62. The molecule has 0 N–H and O–H groups in total. The van der Waals surface area contributed by atoms with E-state index in [0.29, 0.717) is 6.61 Å². The number of aryl methyl sites for hydroxylation is 1. The van der Waals surface area contributed by atoms with E-state index in [2.05, 4.69) is 40.9 Å². The van der Waals surface area contributed by atoms with Gasteiger partial charge in [-0.15, -0.1) is 0 Å². The predicted molar refractivity (Wildman–Crippen MR) is 68.9 cm³/mol. The van der Waals surface area contributed by atoms with Crippen LogP contribution in [0.4, 0.5) is 0 Å². The van der Waals surface area contributed by atoms with Crippen molar-refractivity contribution in [2.24, 2.45) is 7.05 Å². The van der Waals surface area contributed by atoms with Gasteiger partial charge in [0.1, 0.15) is 0 Å². The standard InChI is InChI=1S/C14H14N2O/c1-16-12-6-4-3-5-11(12)14-10(9-17-2)7-15-8-13(14)16/h3-8H,9H2,1-2H3. The third-order valence-corrected chi connectivity index (χ3v) is 3.20. The van der Waals surface area contributed by atoms with Crippen molar-refractivity contribution in [1.82, 2.24) is 9.55 Å². The molecular weight excluding hydrogens is 212 g/mol. The van der Waals surface area contributed by atoms with E-state index >= 15 is 0 Å². The SMILES string of the molecule is COCc1cncc2c1c1ccccc1n2C. The largest absolute Gasteiger partial charge is 0.380 e. The van der Waals surface area contributed by atoms with Gasteiger partial charge in [0.2, 0.25) is 0 Å². The average molecular weight is 226 g/mol. The molecule has 3 heteroatoms. The fraction of sp³-hybridized carbons (Fsp3) is 0.214. The first-order valence-electron chi connectivity index (χ1n) is 5.62. The quantitative estimate of drug-likeness (QED) is 0.671. The minimum atomic E-state index is 0.596. The Kier molecular flexibility index (Phi) is 2.34. The van der Waals surface area contributed by atoms with Crippen LogP contribution in [0.3, 0.4) is 0 Å². The highest BCUT2D eigenvalue weighted by atomic mass is 16.5. The van der Waals surface area contributed by atoms with Crippen molar-refractivity contribution in [2.75, 3.05) is 7.11 Å². The second-order valence-corrected chi connectivity index (χ2v) is 4.20. The molecule has 17 heavy (non-hydrogen) atoms. The zero-order chi connectivity index (χ0) is 11.8. The van der Waals surface area contributed by atoms with Gasteiger partial charge < -0.3 is 9.30 Å². The molecule has 0 atom stereocenters. The summed E-state index contributed by atoms with van der Waals surface area (Å²) in [6.07, 6.45) is 3.80. The van der Waals surface area contributed by atoms with Gasteiger partial charge in [-0.1, -0.05) is 18.2 Å². The van der Waals surface area contributed by atoms with Crippen LogP contribution < -0.4 is 0 Å². The van der Waals surface area contributed by atoms with Gasteiger partial charge in [-0.05, 0) is 6.07 Å². The summed E-state index contributed by atoms with van der Waals surface area (Å²) in [5.74, 6) is 0. The Hall–Kier alpha value is -1.87. The molecule has 0 aliphatic rings. The fourth-order valence-corrected chi connectivity index (χ4v) is 2.43. The second-order valence-electron chi connectivity index (χ2n) is 4.20. The monoisotopic (exact) mass is 226 g/mol. The highest BCUT2D eigenvalue weighted by molar-refractivity contribution is 6.09. The summed E-state index contributed by atoms with van der Waals surface area (Å²) in [4.78, 5) is 4.29. The van der Waals surface area contributed by atoms with Crippen LogP contribution in [0.15, 0.2) is 36.7 Å². The Morgan fingerprint density at radius 3 is 2.82 bits per heavy atom. The number of aromatic nitrogens is 2. The third kappa shape index (κ3) is 1.43. The molecule has 0 aliphatic carbocycles. The Morgan fingerprint density at radius 1 is 1.18 bits per heavy atom. The molecule has 3 aromatic rings. The van der Waals surface area contributed by atoms with E-state index in [1.165, 1.54) is 16.3 Å². The lowest BCUT2D eigenvalue weighted by Crippen LogP contribution is -1.91. The Bertz CT molecular complexity index is 685. The number of hydrogen-bond acceptors (Lipinski definition) is 2. The molecule has 0 aliphatic heterocycles. The molecule has 0 unspecified atom stereocenters. The van der Waals surface area contributed by atoms with Gasteiger partial charge in [0.15, 0.2) is 0 Å². The first-order chi connectivity index (χ1) is 8.33. The molecular formula is C14H14N2O. The molecule has 0 amide bonds. The van der Waals surface area contributed by atoms with Gasteiger partial charge in [-0.2, -0.15) is 0 Å². The number of fused-ring (bicyclic) bond motifs is 3. The van der Waals surface area contributed by atoms with E-state index in [1.807, 2.05) is 12.4 Å². The van der Waals surface area contributed by atoms with Crippen molar-refractivity contribution in [3.8, 4) is 0 Å². The van der Waals surface area contributed by atoms with Crippen LogP contribution in [0, 0.1) is 0 Å². The Labute approximate surface area is 99.6 Å². The summed E-state index contributed by atoms with van der Waals surface area (Å²) in [6, 6.07) is 8.41. The third-order valence-electron chi connectivity index (χ3n) is 3.20. The molecule has 0 saturated heterocycles. The molecule has 86 valence electrons. The van der Waals surface area contributed by atoms with Crippen LogP contribution >= 0.6 is 0 Å². The van der Waals surface area contributed by atoms with Crippen LogP contribution in [0.5, 0.6) is 0 Å². The van der Waals surface area contributed by atoms with Crippen LogP contribution in [-0.4, -0.2) is 16.7 Å². The van der Waals surface area contributed by atoms with Gasteiger partial charge in [-0.25, -0.2) is 0 Å². The highest BCUT2D eigenvalue weighted by Gasteiger charge is 2.11. The van der Waals surface area contributed by atoms with E-state index in [9.17, 15) is 0 Å². The number of nitrogens with zero attached hydrogens (tertiary/aromatic N) is 2. The van der Waals surface area contributed by atoms with Gasteiger partial charge in [0.25, 0.3) is 0 Å². The first kappa shape index (κ1) is 10.3. The highest BCUT2D eigenvalue weighted by Crippen LogP contribution is 2.30. The maximum atomic E-state index is 5.24. The summed E-state index contributed by atoms with van der Waals surface area (Å²) >= 11 is 0. The lowest BCUT2D eigenvalue weighted by molar-refractivity contribution is 0.186. The van der Waals surface area contributed by atoms with E-state index in [0.717, 1.165) is 11.1 Å². The number of rotatable bonds is 2. The normalized spacial score (nSPS) is 11.4. The molecule has 0 spiro atoms. The molecule has 3 nitrogen and oxygen atoms in total. The van der Waals surface area contributed by atoms with Crippen LogP contribution in [0.2, 0.25) is 0 Å². The molecule has 2 aromatic heterocycles. The van der Waals surface area contributed by atoms with Crippen molar-refractivity contribution in [2.45, 2.75) is 6.61 Å². The Morgan fingerprint density at radius 2 is 2.00 bits per heavy atom. The van der Waals surface area contributed by atoms with Crippen LogP contribution in [0.25, 0.3) is 21.8 Å². The number of para-hydroxylation sites is 1. The summed E-state index contributed by atoms with van der Waals surface area (Å²) in [7, 11) is 3.78. The van der Waals surface area contributed by atoms with Gasteiger partial charge in [0, 0.05) is 42.2 Å². The second kappa shape index (κ2) is 3.86. The smallest absolute Gasteiger partial charge is 0.0734 e. The topological polar surface area (TPSA) is 27.1 Å². The number of ether oxygens (including phenoxy) is 1. The van der Waals surface area contributed by atoms with Gasteiger partial charge >= 0.3 is 0 Å². The van der Waals surface area contributed by atoms with Gasteiger partial charge in [0.05, 0.1) is 18.3 Å². The van der Waals surface area contributed by atoms with E-state index in [-0.39, 0.29) is 0 Å². The number of hydrogen-bond donors (Lipinski definition) is 0. The van der Waals surface area contributed by atoms with Crippen molar-refractivity contribution in [3.05, 3.63) is 42.2 Å². The number of pyridine rings is 1.